The van der Waals surface area contributed by atoms with Crippen LogP contribution in [-0.2, 0) is 4.79 Å². The molecular weight excluding hydrogens is 418 g/mol. The Kier molecular flexibility index (Phi) is 7.38. The van der Waals surface area contributed by atoms with Crippen LogP contribution in [-0.4, -0.2) is 44.0 Å². The molecule has 0 aliphatic carbocycles. The van der Waals surface area contributed by atoms with Gasteiger partial charge in [0.2, 0.25) is 5.91 Å². The maximum absolute atomic E-state index is 12.9. The summed E-state index contributed by atoms with van der Waals surface area (Å²) in [6.45, 7) is -3.17. The Morgan fingerprint density at radius 2 is 1.69 bits per heavy atom. The predicted octanol–water partition coefficient (Wildman–Crippen LogP) is 4.67. The summed E-state index contributed by atoms with van der Waals surface area (Å²) in [5, 5.41) is 2.69. The lowest BCUT2D eigenvalue weighted by molar-refractivity contribution is -0.116. The molecule has 6 nitrogen and oxygen atoms in total. The second-order valence-corrected chi connectivity index (χ2v) is 6.89. The molecule has 0 fully saturated rings. The number of halogens is 2. The molecule has 0 bridgehead atoms. The number of methoxy groups -OCH3 is 1. The number of carbonyl (C=O) groups is 2. The van der Waals surface area contributed by atoms with Crippen LogP contribution in [0.5, 0.6) is 11.5 Å². The summed E-state index contributed by atoms with van der Waals surface area (Å²) < 4.78 is 35.5. The summed E-state index contributed by atoms with van der Waals surface area (Å²) in [6, 6.07) is 19.8. The number of carbonyl (C=O) groups excluding carboxylic acids is 2. The molecule has 0 unspecified atom stereocenters. The summed E-state index contributed by atoms with van der Waals surface area (Å²) in [7, 11) is 3.05. The molecule has 0 atom stereocenters. The van der Waals surface area contributed by atoms with Crippen LogP contribution in [0.1, 0.15) is 10.4 Å². The number of ether oxygens (including phenoxy) is 2. The van der Waals surface area contributed by atoms with Crippen LogP contribution in [0.4, 0.5) is 14.5 Å². The highest BCUT2D eigenvalue weighted by Gasteiger charge is 2.17. The topological polar surface area (TPSA) is 67.9 Å². The van der Waals surface area contributed by atoms with E-state index in [0.29, 0.717) is 28.1 Å². The Bertz CT molecular complexity index is 1070. The van der Waals surface area contributed by atoms with Gasteiger partial charge in [0.05, 0.1) is 13.7 Å². The van der Waals surface area contributed by atoms with Crippen LogP contribution in [0.25, 0.3) is 11.1 Å². The minimum absolute atomic E-state index is 0.0282. The zero-order valence-corrected chi connectivity index (χ0v) is 17.5. The molecule has 0 radical (unpaired) electrons. The van der Waals surface area contributed by atoms with E-state index in [0.717, 1.165) is 0 Å². The molecule has 32 heavy (non-hydrogen) atoms. The second-order valence-electron chi connectivity index (χ2n) is 6.89. The van der Waals surface area contributed by atoms with Gasteiger partial charge in [-0.1, -0.05) is 30.3 Å². The molecule has 0 spiro atoms. The summed E-state index contributed by atoms with van der Waals surface area (Å²) in [4.78, 5) is 26.2. The first-order valence-corrected chi connectivity index (χ1v) is 9.71. The number of hydrogen-bond donors (Lipinski definition) is 1. The first-order valence-electron chi connectivity index (χ1n) is 9.71. The van der Waals surface area contributed by atoms with Gasteiger partial charge in [0.1, 0.15) is 11.5 Å². The van der Waals surface area contributed by atoms with Gasteiger partial charge in [-0.3, -0.25) is 9.59 Å². The molecule has 3 aromatic rings. The van der Waals surface area contributed by atoms with Crippen LogP contribution in [0, 0.1) is 0 Å². The average molecular weight is 440 g/mol. The first-order chi connectivity index (χ1) is 15.4. The molecule has 0 aliphatic rings. The van der Waals surface area contributed by atoms with Crippen LogP contribution >= 0.6 is 0 Å². The highest BCUT2D eigenvalue weighted by atomic mass is 19.3. The van der Waals surface area contributed by atoms with Crippen molar-refractivity contribution >= 4 is 17.5 Å². The fraction of sp³-hybridized carbons (Fsp3) is 0.167. The van der Waals surface area contributed by atoms with E-state index in [1.165, 1.54) is 37.3 Å². The Balaban J connectivity index is 1.77. The number of nitrogens with one attached hydrogen (secondary N) is 1. The highest BCUT2D eigenvalue weighted by molar-refractivity contribution is 5.99. The molecule has 0 heterocycles. The maximum Gasteiger partial charge on any atom is 0.387 e. The fourth-order valence-corrected chi connectivity index (χ4v) is 3.09. The Labute approximate surface area is 184 Å². The van der Waals surface area contributed by atoms with Gasteiger partial charge in [-0.05, 0) is 48.0 Å². The third kappa shape index (κ3) is 5.81. The Morgan fingerprint density at radius 1 is 1.00 bits per heavy atom. The number of nitrogens with zero attached hydrogens (tertiary/aromatic N) is 1. The number of hydrogen-bond acceptors (Lipinski definition) is 4. The number of benzene rings is 3. The van der Waals surface area contributed by atoms with Crippen molar-refractivity contribution in [3.63, 3.8) is 0 Å². The molecule has 0 saturated heterocycles. The number of alkyl halides is 2. The normalized spacial score (nSPS) is 10.5. The van der Waals surface area contributed by atoms with E-state index in [2.05, 4.69) is 10.1 Å². The molecule has 2 amide bonds. The van der Waals surface area contributed by atoms with Crippen molar-refractivity contribution in [2.75, 3.05) is 26.0 Å². The molecule has 8 heteroatoms. The quantitative estimate of drug-likeness (QED) is 0.553. The van der Waals surface area contributed by atoms with E-state index in [1.807, 2.05) is 0 Å². The summed E-state index contributed by atoms with van der Waals surface area (Å²) in [5.74, 6) is -0.138. The van der Waals surface area contributed by atoms with E-state index >= 15 is 0 Å². The van der Waals surface area contributed by atoms with Crippen LogP contribution < -0.4 is 14.8 Å². The van der Waals surface area contributed by atoms with Gasteiger partial charge in [0.15, 0.2) is 0 Å². The van der Waals surface area contributed by atoms with Crippen molar-refractivity contribution < 1.29 is 27.8 Å². The zero-order chi connectivity index (χ0) is 23.1. The van der Waals surface area contributed by atoms with E-state index in [-0.39, 0.29) is 18.2 Å². The molecule has 166 valence electrons. The first kappa shape index (κ1) is 22.7. The lowest BCUT2D eigenvalue weighted by Gasteiger charge is -2.18. The largest absolute Gasteiger partial charge is 0.497 e. The van der Waals surface area contributed by atoms with Crippen molar-refractivity contribution in [1.29, 1.82) is 0 Å². The van der Waals surface area contributed by atoms with Gasteiger partial charge >= 0.3 is 6.61 Å². The number of amides is 2. The third-order valence-electron chi connectivity index (χ3n) is 4.63. The smallest absolute Gasteiger partial charge is 0.387 e. The van der Waals surface area contributed by atoms with E-state index in [4.69, 9.17) is 4.74 Å². The van der Waals surface area contributed by atoms with Gasteiger partial charge in [0.25, 0.3) is 5.91 Å². The third-order valence-corrected chi connectivity index (χ3v) is 4.63. The zero-order valence-electron chi connectivity index (χ0n) is 17.5. The predicted molar refractivity (Wildman–Crippen MR) is 117 cm³/mol. The molecule has 0 aliphatic heterocycles. The molecular formula is C24H22F2N2O4. The van der Waals surface area contributed by atoms with Gasteiger partial charge in [0, 0.05) is 23.9 Å². The van der Waals surface area contributed by atoms with E-state index in [1.54, 1.807) is 54.6 Å². The Hall–Kier alpha value is -3.94. The van der Waals surface area contributed by atoms with Crippen molar-refractivity contribution in [3.8, 4) is 22.6 Å². The van der Waals surface area contributed by atoms with Crippen LogP contribution in [0.2, 0.25) is 0 Å². The number of anilines is 1. The minimum atomic E-state index is -3.00. The molecule has 0 saturated carbocycles. The van der Waals surface area contributed by atoms with Crippen molar-refractivity contribution in [2.24, 2.45) is 0 Å². The van der Waals surface area contributed by atoms with E-state index in [9.17, 15) is 18.4 Å². The highest BCUT2D eigenvalue weighted by Crippen LogP contribution is 2.34. The molecule has 3 aromatic carbocycles. The van der Waals surface area contributed by atoms with Gasteiger partial charge in [-0.25, -0.2) is 0 Å². The maximum atomic E-state index is 12.9. The second kappa shape index (κ2) is 10.4. The fourth-order valence-electron chi connectivity index (χ4n) is 3.09. The van der Waals surface area contributed by atoms with Crippen molar-refractivity contribution in [1.82, 2.24) is 4.90 Å². The SMILES string of the molecule is COc1ccc(-c2cc(NC(=O)CN(C)C(=O)c3ccccc3)ccc2OC(F)F)cc1. The monoisotopic (exact) mass is 440 g/mol. The van der Waals surface area contributed by atoms with Crippen molar-refractivity contribution in [3.05, 3.63) is 78.4 Å². The minimum Gasteiger partial charge on any atom is -0.497 e. The van der Waals surface area contributed by atoms with Crippen LogP contribution in [0.15, 0.2) is 72.8 Å². The number of rotatable bonds is 8. The van der Waals surface area contributed by atoms with E-state index < -0.39 is 12.5 Å². The average Bonchev–Trinajstić information content (AvgIpc) is 2.79. The molecule has 0 aromatic heterocycles. The molecule has 3 rings (SSSR count). The van der Waals surface area contributed by atoms with Crippen LogP contribution in [0.3, 0.4) is 0 Å². The Morgan fingerprint density at radius 3 is 2.31 bits per heavy atom. The number of likely N-dealkylation sites (N-methyl/N-ethyl adjacent to an activating group) is 1. The standard InChI is InChI=1S/C24H22F2N2O4/c1-28(23(30)17-6-4-3-5-7-17)15-22(29)27-18-10-13-21(32-24(25)26)20(14-18)16-8-11-19(31-2)12-9-16/h3-14,24H,15H2,1-2H3,(H,27,29). The summed E-state index contributed by atoms with van der Waals surface area (Å²) in [6.07, 6.45) is 0. The lowest BCUT2D eigenvalue weighted by atomic mass is 10.0. The summed E-state index contributed by atoms with van der Waals surface area (Å²) in [5.41, 5.74) is 1.83. The van der Waals surface area contributed by atoms with Crippen molar-refractivity contribution in [2.45, 2.75) is 6.61 Å². The van der Waals surface area contributed by atoms with Gasteiger partial charge < -0.3 is 19.7 Å². The van der Waals surface area contributed by atoms with Gasteiger partial charge in [-0.2, -0.15) is 8.78 Å². The lowest BCUT2D eigenvalue weighted by Crippen LogP contribution is -2.34. The summed E-state index contributed by atoms with van der Waals surface area (Å²) >= 11 is 0. The van der Waals surface area contributed by atoms with Gasteiger partial charge in [-0.15, -0.1) is 0 Å². The molecule has 1 N–H and O–H groups in total.